The maximum atomic E-state index is 12.6. The summed E-state index contributed by atoms with van der Waals surface area (Å²) in [6.07, 6.45) is 1.19. The van der Waals surface area contributed by atoms with E-state index in [4.69, 9.17) is 4.74 Å². The van der Waals surface area contributed by atoms with E-state index in [2.05, 4.69) is 4.98 Å². The lowest BCUT2D eigenvalue weighted by Crippen LogP contribution is -2.43. The van der Waals surface area contributed by atoms with Crippen molar-refractivity contribution in [2.45, 2.75) is 45.3 Å². The number of anilines is 1. The molecule has 1 aromatic carbocycles. The van der Waals surface area contributed by atoms with Crippen LogP contribution >= 0.6 is 0 Å². The Morgan fingerprint density at radius 3 is 2.46 bits per heavy atom. The summed E-state index contributed by atoms with van der Waals surface area (Å²) >= 11 is 0. The van der Waals surface area contributed by atoms with Crippen LogP contribution in [-0.2, 0) is 4.74 Å². The Morgan fingerprint density at radius 2 is 1.88 bits per heavy atom. The summed E-state index contributed by atoms with van der Waals surface area (Å²) in [4.78, 5) is 31.6. The van der Waals surface area contributed by atoms with Gasteiger partial charge in [0.25, 0.3) is 0 Å². The number of benzene rings is 1. The molecule has 0 unspecified atom stereocenters. The molecule has 1 saturated heterocycles. The molecule has 1 N–H and O–H groups in total. The maximum absolute atomic E-state index is 12.6. The van der Waals surface area contributed by atoms with Crippen LogP contribution < -0.4 is 10.6 Å². The molecule has 1 aliphatic rings. The predicted octanol–water partition coefficient (Wildman–Crippen LogP) is 2.97. The summed E-state index contributed by atoms with van der Waals surface area (Å²) in [5.74, 6) is 0. The van der Waals surface area contributed by atoms with Crippen molar-refractivity contribution in [3.05, 3.63) is 28.7 Å². The summed E-state index contributed by atoms with van der Waals surface area (Å²) in [5.41, 5.74) is 2.17. The van der Waals surface area contributed by atoms with Crippen LogP contribution in [0.25, 0.3) is 11.0 Å². The van der Waals surface area contributed by atoms with Gasteiger partial charge in [-0.15, -0.1) is 0 Å². The highest BCUT2D eigenvalue weighted by Gasteiger charge is 2.29. The van der Waals surface area contributed by atoms with Crippen molar-refractivity contribution in [1.29, 1.82) is 0 Å². The van der Waals surface area contributed by atoms with Crippen molar-refractivity contribution in [3.8, 4) is 0 Å². The molecule has 26 heavy (non-hydrogen) atoms. The fourth-order valence-corrected chi connectivity index (χ4v) is 3.50. The number of aromatic nitrogens is 2. The molecule has 7 nitrogen and oxygen atoms in total. The second-order valence-corrected chi connectivity index (χ2v) is 8.06. The van der Waals surface area contributed by atoms with Gasteiger partial charge in [-0.05, 0) is 45.7 Å². The molecule has 2 heterocycles. The lowest BCUT2D eigenvalue weighted by molar-refractivity contribution is 0.0189. The van der Waals surface area contributed by atoms with E-state index >= 15 is 0 Å². The van der Waals surface area contributed by atoms with E-state index in [0.29, 0.717) is 13.1 Å². The number of rotatable bonds is 2. The van der Waals surface area contributed by atoms with Crippen LogP contribution in [-0.4, -0.2) is 53.3 Å². The number of amides is 1. The second-order valence-electron chi connectivity index (χ2n) is 8.06. The van der Waals surface area contributed by atoms with E-state index in [1.54, 1.807) is 4.90 Å². The van der Waals surface area contributed by atoms with Crippen molar-refractivity contribution in [2.24, 2.45) is 0 Å². The number of H-pyrrole nitrogens is 1. The zero-order chi connectivity index (χ0) is 19.1. The average Bonchev–Trinajstić information content (AvgIpc) is 2.88. The fraction of sp³-hybridized carbons (Fsp3) is 0.579. The molecular weight excluding hydrogens is 332 g/mol. The summed E-state index contributed by atoms with van der Waals surface area (Å²) in [6, 6.07) is 6.01. The summed E-state index contributed by atoms with van der Waals surface area (Å²) in [7, 11) is 3.92. The van der Waals surface area contributed by atoms with E-state index in [1.807, 2.05) is 62.5 Å². The van der Waals surface area contributed by atoms with Crippen LogP contribution in [0.4, 0.5) is 10.5 Å². The molecule has 1 amide bonds. The Bertz CT molecular complexity index is 852. The number of nitrogens with one attached hydrogen (secondary N) is 1. The normalized spacial score (nSPS) is 16.1. The number of ether oxygens (including phenoxy) is 1. The third-order valence-electron chi connectivity index (χ3n) is 4.69. The van der Waals surface area contributed by atoms with E-state index in [0.717, 1.165) is 29.6 Å². The smallest absolute Gasteiger partial charge is 0.410 e. The third kappa shape index (κ3) is 3.57. The van der Waals surface area contributed by atoms with E-state index < -0.39 is 5.60 Å². The van der Waals surface area contributed by atoms with Gasteiger partial charge in [0.2, 0.25) is 0 Å². The Hall–Kier alpha value is -2.44. The first kappa shape index (κ1) is 18.4. The number of carbonyl (C=O) groups is 1. The van der Waals surface area contributed by atoms with E-state index in [1.165, 1.54) is 0 Å². The minimum atomic E-state index is -0.496. The zero-order valence-corrected chi connectivity index (χ0v) is 16.2. The molecule has 2 aromatic rings. The minimum Gasteiger partial charge on any atom is -0.444 e. The number of nitrogens with zero attached hydrogens (tertiary/aromatic N) is 3. The molecule has 3 rings (SSSR count). The number of likely N-dealkylation sites (tertiary alicyclic amines) is 1. The molecule has 0 spiro atoms. The first-order valence-electron chi connectivity index (χ1n) is 9.06. The standard InChI is InChI=1S/C19H28N4O3/c1-19(2,3)26-18(25)22-11-9-13(10-12-22)23-15-8-6-7-14(21(4)5)16(15)20-17(23)24/h6-8,13H,9-12H2,1-5H3,(H,20,24). The lowest BCUT2D eigenvalue weighted by Gasteiger charge is -2.33. The molecule has 1 fully saturated rings. The van der Waals surface area contributed by atoms with E-state index in [-0.39, 0.29) is 17.8 Å². The first-order chi connectivity index (χ1) is 12.2. The average molecular weight is 360 g/mol. The Morgan fingerprint density at radius 1 is 1.23 bits per heavy atom. The number of aromatic amines is 1. The number of hydrogen-bond acceptors (Lipinski definition) is 4. The highest BCUT2D eigenvalue weighted by molar-refractivity contribution is 5.88. The SMILES string of the molecule is CN(C)c1cccc2c1[nH]c(=O)n2C1CCN(C(=O)OC(C)(C)C)CC1. The van der Waals surface area contributed by atoms with Crippen molar-refractivity contribution < 1.29 is 9.53 Å². The van der Waals surface area contributed by atoms with Gasteiger partial charge in [0, 0.05) is 33.2 Å². The lowest BCUT2D eigenvalue weighted by atomic mass is 10.0. The predicted molar refractivity (Wildman–Crippen MR) is 103 cm³/mol. The van der Waals surface area contributed by atoms with Crippen LogP contribution in [0.5, 0.6) is 0 Å². The number of carbonyl (C=O) groups excluding carboxylic acids is 1. The van der Waals surface area contributed by atoms with Crippen LogP contribution in [0.1, 0.15) is 39.7 Å². The number of hydrogen-bond donors (Lipinski definition) is 1. The van der Waals surface area contributed by atoms with Gasteiger partial charge in [0.05, 0.1) is 16.7 Å². The Kier molecular flexibility index (Phi) is 4.73. The summed E-state index contributed by atoms with van der Waals surface area (Å²) < 4.78 is 7.29. The van der Waals surface area contributed by atoms with Crippen molar-refractivity contribution in [2.75, 3.05) is 32.1 Å². The molecule has 0 saturated carbocycles. The maximum Gasteiger partial charge on any atom is 0.410 e. The number of piperidine rings is 1. The number of imidazole rings is 1. The van der Waals surface area contributed by atoms with E-state index in [9.17, 15) is 9.59 Å². The van der Waals surface area contributed by atoms with Crippen LogP contribution in [0.15, 0.2) is 23.0 Å². The quantitative estimate of drug-likeness (QED) is 0.894. The molecule has 0 aliphatic carbocycles. The monoisotopic (exact) mass is 360 g/mol. The summed E-state index contributed by atoms with van der Waals surface area (Å²) in [5, 5.41) is 0. The Balaban J connectivity index is 1.80. The second kappa shape index (κ2) is 6.70. The molecule has 0 radical (unpaired) electrons. The van der Waals surface area contributed by atoms with Crippen molar-refractivity contribution in [1.82, 2.24) is 14.5 Å². The number of fused-ring (bicyclic) bond motifs is 1. The molecule has 1 aliphatic heterocycles. The highest BCUT2D eigenvalue weighted by Crippen LogP contribution is 2.29. The van der Waals surface area contributed by atoms with Crippen LogP contribution in [0.3, 0.4) is 0 Å². The largest absolute Gasteiger partial charge is 0.444 e. The summed E-state index contributed by atoms with van der Waals surface area (Å²) in [6.45, 7) is 6.78. The molecule has 7 heteroatoms. The third-order valence-corrected chi connectivity index (χ3v) is 4.69. The number of para-hydroxylation sites is 1. The van der Waals surface area contributed by atoms with Crippen molar-refractivity contribution in [3.63, 3.8) is 0 Å². The highest BCUT2D eigenvalue weighted by atomic mass is 16.6. The Labute approximate surface area is 153 Å². The minimum absolute atomic E-state index is 0.0762. The fourth-order valence-electron chi connectivity index (χ4n) is 3.50. The van der Waals surface area contributed by atoms with Gasteiger partial charge in [-0.25, -0.2) is 9.59 Å². The van der Waals surface area contributed by atoms with Gasteiger partial charge in [0.1, 0.15) is 5.60 Å². The molecule has 0 bridgehead atoms. The molecule has 1 aromatic heterocycles. The zero-order valence-electron chi connectivity index (χ0n) is 16.2. The van der Waals surface area contributed by atoms with Gasteiger partial charge < -0.3 is 19.5 Å². The van der Waals surface area contributed by atoms with Gasteiger partial charge in [-0.1, -0.05) is 6.07 Å². The van der Waals surface area contributed by atoms with Gasteiger partial charge in [-0.3, -0.25) is 4.57 Å². The first-order valence-corrected chi connectivity index (χ1v) is 9.06. The van der Waals surface area contributed by atoms with Crippen LogP contribution in [0, 0.1) is 0 Å². The van der Waals surface area contributed by atoms with Gasteiger partial charge in [-0.2, -0.15) is 0 Å². The molecule has 0 atom stereocenters. The van der Waals surface area contributed by atoms with Crippen LogP contribution in [0.2, 0.25) is 0 Å². The van der Waals surface area contributed by atoms with Gasteiger partial charge in [0.15, 0.2) is 0 Å². The topological polar surface area (TPSA) is 70.6 Å². The molecule has 142 valence electrons. The van der Waals surface area contributed by atoms with Gasteiger partial charge >= 0.3 is 11.8 Å². The molecular formula is C19H28N4O3. The van der Waals surface area contributed by atoms with Crippen molar-refractivity contribution >= 4 is 22.8 Å².